The van der Waals surface area contributed by atoms with Gasteiger partial charge >= 0.3 is 0 Å². The molecule has 13 aromatic rings. The zero-order valence-electron chi connectivity index (χ0n) is 33.8. The van der Waals surface area contributed by atoms with Crippen molar-refractivity contribution in [2.24, 2.45) is 0 Å². The molecule has 0 saturated heterocycles. The van der Waals surface area contributed by atoms with E-state index in [4.69, 9.17) is 0 Å². The summed E-state index contributed by atoms with van der Waals surface area (Å²) in [5.74, 6) is 0. The Labute approximate surface area is 357 Å². The number of hydrogen-bond donors (Lipinski definition) is 0. The van der Waals surface area contributed by atoms with Crippen molar-refractivity contribution in [3.05, 3.63) is 212 Å². The molecule has 9 aromatic carbocycles. The van der Waals surface area contributed by atoms with Gasteiger partial charge in [0.2, 0.25) is 0 Å². The molecule has 4 aromatic heterocycles. The summed E-state index contributed by atoms with van der Waals surface area (Å²) < 4.78 is 5.11. The lowest BCUT2D eigenvalue weighted by atomic mass is 9.92. The Morgan fingerprint density at radius 2 is 0.823 bits per heavy atom. The highest BCUT2D eigenvalue weighted by Crippen LogP contribution is 2.55. The summed E-state index contributed by atoms with van der Waals surface area (Å²) in [4.78, 5) is 5.13. The average molecular weight is 791 g/mol. The molecule has 0 fully saturated rings. The molecule has 1 aliphatic rings. The summed E-state index contributed by atoms with van der Waals surface area (Å²) in [6, 6.07) is 69.8. The molecule has 4 heterocycles. The van der Waals surface area contributed by atoms with Crippen LogP contribution in [0.25, 0.3) is 87.0 Å². The zero-order chi connectivity index (χ0) is 40.5. The summed E-state index contributed by atoms with van der Waals surface area (Å²) >= 11 is 0. The van der Waals surface area contributed by atoms with Gasteiger partial charge < -0.3 is 18.6 Å². The van der Waals surface area contributed by atoms with Crippen LogP contribution in [-0.2, 0) is 0 Å². The summed E-state index contributed by atoms with van der Waals surface area (Å²) in [7, 11) is 0. The Morgan fingerprint density at radius 3 is 1.35 bits per heavy atom. The Bertz CT molecular complexity index is 3910. The molecule has 0 spiro atoms. The molecule has 4 nitrogen and oxygen atoms in total. The summed E-state index contributed by atoms with van der Waals surface area (Å²) in [5, 5.41) is 12.7. The van der Waals surface area contributed by atoms with Crippen LogP contribution >= 0.6 is 0 Å². The van der Waals surface area contributed by atoms with Crippen molar-refractivity contribution < 1.29 is 0 Å². The Hall–Kier alpha value is -8.08. The van der Waals surface area contributed by atoms with E-state index in [1.807, 2.05) is 0 Å². The third-order valence-electron chi connectivity index (χ3n) is 13.6. The molecule has 0 saturated carbocycles. The third-order valence-corrected chi connectivity index (χ3v) is 13.6. The minimum Gasteiger partial charge on any atom is -0.334 e. The van der Waals surface area contributed by atoms with E-state index in [9.17, 15) is 0 Å². The van der Waals surface area contributed by atoms with Crippen molar-refractivity contribution in [1.82, 2.24) is 8.80 Å². The Morgan fingerprint density at radius 1 is 0.371 bits per heavy atom. The number of fused-ring (bicyclic) bond motifs is 15. The van der Waals surface area contributed by atoms with E-state index in [-0.39, 0.29) is 6.04 Å². The van der Waals surface area contributed by atoms with E-state index in [0.717, 1.165) is 23.5 Å². The normalized spacial score (nSPS) is 14.4. The van der Waals surface area contributed by atoms with Crippen LogP contribution in [-0.4, -0.2) is 14.8 Å². The molecule has 0 bridgehead atoms. The van der Waals surface area contributed by atoms with Crippen molar-refractivity contribution in [3.8, 4) is 0 Å². The second kappa shape index (κ2) is 12.7. The van der Waals surface area contributed by atoms with Gasteiger partial charge in [-0.3, -0.25) is 0 Å². The van der Waals surface area contributed by atoms with E-state index < -0.39 is 0 Å². The van der Waals surface area contributed by atoms with Crippen molar-refractivity contribution in [2.75, 3.05) is 9.80 Å². The van der Waals surface area contributed by atoms with Gasteiger partial charge in [0.15, 0.2) is 0 Å². The predicted molar refractivity (Wildman–Crippen MR) is 263 cm³/mol. The number of nitrogens with zero attached hydrogens (tertiary/aromatic N) is 4. The standard InChI is InChI=1S/C58H38N4/c1-5-19-37(20-6-1)59(38-21-7-2-8-22-38)51-35-49-54(46-32-18-30-44-41-27-13-15-33-47(41)61(49)58(44)46)56-52(60(39-23-9-3-10-24-39)40-25-11-4-12-26-40)36-50-53(55(51)56)45-31-17-29-43-42-28-14-16-34-48(42)62(50)57(43)45/h1-25,27-36,40H,26H2. The molecule has 1 aliphatic carbocycles. The molecule has 0 radical (unpaired) electrons. The van der Waals surface area contributed by atoms with Gasteiger partial charge in [0.25, 0.3) is 0 Å². The van der Waals surface area contributed by atoms with Crippen molar-refractivity contribution in [1.29, 1.82) is 0 Å². The second-order valence-electron chi connectivity index (χ2n) is 16.8. The molecule has 1 unspecified atom stereocenters. The van der Waals surface area contributed by atoms with E-state index in [0.29, 0.717) is 0 Å². The monoisotopic (exact) mass is 790 g/mol. The number of rotatable bonds is 6. The summed E-state index contributed by atoms with van der Waals surface area (Å²) in [6.45, 7) is 0. The van der Waals surface area contributed by atoms with Crippen LogP contribution in [0.3, 0.4) is 0 Å². The minimum atomic E-state index is 0.0875. The van der Waals surface area contributed by atoms with E-state index in [1.54, 1.807) is 0 Å². The SMILES string of the molecule is C1=CCC(N(c2ccccc2)c2cc3c(c4cccc5c6ccccc6n3c54)c3c(N(c4ccccc4)c4ccccc4)cc4c(c5cccc6c7ccccc7n4c65)c23)C=C1. The first kappa shape index (κ1) is 33.7. The van der Waals surface area contributed by atoms with Gasteiger partial charge in [-0.25, -0.2) is 0 Å². The fourth-order valence-corrected chi connectivity index (χ4v) is 11.2. The number of benzene rings is 9. The van der Waals surface area contributed by atoms with Crippen LogP contribution in [0, 0.1) is 0 Å². The first-order valence-corrected chi connectivity index (χ1v) is 21.6. The highest BCUT2D eigenvalue weighted by molar-refractivity contribution is 6.40. The zero-order valence-corrected chi connectivity index (χ0v) is 33.8. The molecule has 0 amide bonds. The molecular weight excluding hydrogens is 753 g/mol. The maximum absolute atomic E-state index is 2.62. The van der Waals surface area contributed by atoms with E-state index >= 15 is 0 Å². The van der Waals surface area contributed by atoms with Crippen molar-refractivity contribution in [2.45, 2.75) is 12.5 Å². The fourth-order valence-electron chi connectivity index (χ4n) is 11.2. The van der Waals surface area contributed by atoms with Crippen LogP contribution in [0.5, 0.6) is 0 Å². The molecule has 1 atom stereocenters. The second-order valence-corrected chi connectivity index (χ2v) is 16.8. The van der Waals surface area contributed by atoms with E-state index in [1.165, 1.54) is 98.3 Å². The largest absolute Gasteiger partial charge is 0.334 e. The minimum absolute atomic E-state index is 0.0875. The molecule has 0 aliphatic heterocycles. The lowest BCUT2D eigenvalue weighted by Crippen LogP contribution is -2.30. The van der Waals surface area contributed by atoms with Gasteiger partial charge in [-0.1, -0.05) is 152 Å². The van der Waals surface area contributed by atoms with Gasteiger partial charge in [-0.05, 0) is 67.1 Å². The van der Waals surface area contributed by atoms with E-state index in [2.05, 4.69) is 231 Å². The van der Waals surface area contributed by atoms with Gasteiger partial charge in [-0.15, -0.1) is 0 Å². The molecule has 4 heteroatoms. The maximum atomic E-state index is 2.62. The van der Waals surface area contributed by atoms with Crippen LogP contribution in [0.15, 0.2) is 212 Å². The topological polar surface area (TPSA) is 15.3 Å². The highest BCUT2D eigenvalue weighted by Gasteiger charge is 2.32. The Kier molecular flexibility index (Phi) is 6.92. The van der Waals surface area contributed by atoms with Gasteiger partial charge in [0.1, 0.15) is 0 Å². The van der Waals surface area contributed by atoms with Crippen LogP contribution in [0.1, 0.15) is 6.42 Å². The number of para-hydroxylation sites is 7. The quantitative estimate of drug-likeness (QED) is 0.167. The Balaban J connectivity index is 1.31. The predicted octanol–water partition coefficient (Wildman–Crippen LogP) is 15.6. The fraction of sp³-hybridized carbons (Fsp3) is 0.0345. The molecular formula is C58H38N4. The highest BCUT2D eigenvalue weighted by atomic mass is 15.2. The molecule has 0 N–H and O–H groups in total. The number of anilines is 5. The first-order chi connectivity index (χ1) is 30.8. The van der Waals surface area contributed by atoms with Crippen LogP contribution in [0.4, 0.5) is 28.4 Å². The van der Waals surface area contributed by atoms with Crippen LogP contribution < -0.4 is 9.80 Å². The molecule has 14 rings (SSSR count). The smallest absolute Gasteiger partial charge is 0.0620 e. The average Bonchev–Trinajstić information content (AvgIpc) is 4.07. The summed E-state index contributed by atoms with van der Waals surface area (Å²) in [5.41, 5.74) is 13.1. The molecule has 62 heavy (non-hydrogen) atoms. The van der Waals surface area contributed by atoms with Crippen molar-refractivity contribution in [3.63, 3.8) is 0 Å². The number of aromatic nitrogens is 2. The lowest BCUT2D eigenvalue weighted by molar-refractivity contribution is 0.788. The third kappa shape index (κ3) is 4.45. The number of allylic oxidation sites excluding steroid dienone is 2. The van der Waals surface area contributed by atoms with Crippen molar-refractivity contribution >= 4 is 115 Å². The van der Waals surface area contributed by atoms with Gasteiger partial charge in [0.05, 0.1) is 50.5 Å². The lowest BCUT2D eigenvalue weighted by Gasteiger charge is -2.35. The van der Waals surface area contributed by atoms with Gasteiger partial charge in [0, 0.05) is 70.9 Å². The number of hydrogen-bond acceptors (Lipinski definition) is 2. The maximum Gasteiger partial charge on any atom is 0.0620 e. The molecule has 290 valence electrons. The van der Waals surface area contributed by atoms with Crippen LogP contribution in [0.2, 0.25) is 0 Å². The summed E-state index contributed by atoms with van der Waals surface area (Å²) in [6.07, 6.45) is 10.00. The van der Waals surface area contributed by atoms with Gasteiger partial charge in [-0.2, -0.15) is 0 Å². The first-order valence-electron chi connectivity index (χ1n) is 21.6.